The van der Waals surface area contributed by atoms with Gasteiger partial charge in [-0.05, 0) is 36.4 Å². The Morgan fingerprint density at radius 1 is 0.595 bits per heavy atom. The SMILES string of the molecule is CC(=O)O[C@@H]1CO[C@H](OC(=O)c2ccccc2)[C@@H](OC(=O)c2ccccc2)[C@H]1OC(=O)c1ccccc1. The molecule has 37 heavy (non-hydrogen) atoms. The maximum atomic E-state index is 13.0. The largest absolute Gasteiger partial charge is 0.456 e. The lowest BCUT2D eigenvalue weighted by molar-refractivity contribution is -0.255. The Balaban J connectivity index is 1.65. The number of hydrogen-bond donors (Lipinski definition) is 0. The second-order valence-corrected chi connectivity index (χ2v) is 8.09. The number of rotatable bonds is 7. The summed E-state index contributed by atoms with van der Waals surface area (Å²) in [5.74, 6) is -2.94. The summed E-state index contributed by atoms with van der Waals surface area (Å²) >= 11 is 0. The van der Waals surface area contributed by atoms with Crippen molar-refractivity contribution in [3.63, 3.8) is 0 Å². The Labute approximate surface area is 212 Å². The molecule has 0 N–H and O–H groups in total. The lowest BCUT2D eigenvalue weighted by atomic mass is 10.0. The fraction of sp³-hybridized carbons (Fsp3) is 0.214. The van der Waals surface area contributed by atoms with Gasteiger partial charge in [-0.25, -0.2) is 14.4 Å². The van der Waals surface area contributed by atoms with Gasteiger partial charge in [-0.15, -0.1) is 0 Å². The van der Waals surface area contributed by atoms with E-state index in [9.17, 15) is 19.2 Å². The van der Waals surface area contributed by atoms with Gasteiger partial charge in [0.1, 0.15) is 0 Å². The van der Waals surface area contributed by atoms with Gasteiger partial charge in [-0.3, -0.25) is 4.79 Å². The van der Waals surface area contributed by atoms with Gasteiger partial charge in [0, 0.05) is 6.92 Å². The van der Waals surface area contributed by atoms with Crippen molar-refractivity contribution in [2.24, 2.45) is 0 Å². The summed E-state index contributed by atoms with van der Waals surface area (Å²) < 4.78 is 27.9. The number of esters is 4. The van der Waals surface area contributed by atoms with Crippen LogP contribution in [0.15, 0.2) is 91.0 Å². The van der Waals surface area contributed by atoms with Crippen LogP contribution in [0.5, 0.6) is 0 Å². The van der Waals surface area contributed by atoms with Crippen molar-refractivity contribution in [1.82, 2.24) is 0 Å². The smallest absolute Gasteiger partial charge is 0.340 e. The zero-order chi connectivity index (χ0) is 26.2. The lowest BCUT2D eigenvalue weighted by Gasteiger charge is -2.40. The van der Waals surface area contributed by atoms with Crippen LogP contribution in [0, 0.1) is 0 Å². The quantitative estimate of drug-likeness (QED) is 0.352. The molecular formula is C28H24O9. The fourth-order valence-corrected chi connectivity index (χ4v) is 3.71. The predicted octanol–water partition coefficient (Wildman–Crippen LogP) is 3.58. The van der Waals surface area contributed by atoms with Crippen LogP contribution in [0.4, 0.5) is 0 Å². The van der Waals surface area contributed by atoms with E-state index < -0.39 is 48.5 Å². The summed E-state index contributed by atoms with van der Waals surface area (Å²) in [6.07, 6.45) is -5.39. The van der Waals surface area contributed by atoms with Crippen LogP contribution in [-0.2, 0) is 28.5 Å². The van der Waals surface area contributed by atoms with Gasteiger partial charge in [0.15, 0.2) is 12.2 Å². The maximum absolute atomic E-state index is 13.0. The number of carbonyl (C=O) groups excluding carboxylic acids is 4. The molecule has 190 valence electrons. The molecule has 3 aromatic rings. The van der Waals surface area contributed by atoms with Gasteiger partial charge < -0.3 is 23.7 Å². The normalized spacial score (nSPS) is 20.8. The molecule has 9 heteroatoms. The van der Waals surface area contributed by atoms with Crippen LogP contribution in [-0.4, -0.2) is 55.1 Å². The van der Waals surface area contributed by atoms with Crippen molar-refractivity contribution in [2.45, 2.75) is 31.5 Å². The van der Waals surface area contributed by atoms with Gasteiger partial charge in [-0.1, -0.05) is 54.6 Å². The minimum absolute atomic E-state index is 0.207. The summed E-state index contributed by atoms with van der Waals surface area (Å²) in [4.78, 5) is 50.5. The molecule has 0 unspecified atom stereocenters. The van der Waals surface area contributed by atoms with Crippen molar-refractivity contribution in [3.8, 4) is 0 Å². The van der Waals surface area contributed by atoms with E-state index in [1.54, 1.807) is 78.9 Å². The Bertz CT molecular complexity index is 1230. The highest BCUT2D eigenvalue weighted by atomic mass is 16.7. The van der Waals surface area contributed by atoms with E-state index in [4.69, 9.17) is 23.7 Å². The maximum Gasteiger partial charge on any atom is 0.340 e. The Morgan fingerprint density at radius 2 is 1.00 bits per heavy atom. The zero-order valence-corrected chi connectivity index (χ0v) is 19.9. The molecule has 0 bridgehead atoms. The van der Waals surface area contributed by atoms with Crippen LogP contribution in [0.25, 0.3) is 0 Å². The average Bonchev–Trinajstić information content (AvgIpc) is 2.92. The molecule has 4 atom stereocenters. The first-order chi connectivity index (χ1) is 17.9. The van der Waals surface area contributed by atoms with E-state index in [1.807, 2.05) is 0 Å². The molecule has 1 saturated heterocycles. The Kier molecular flexibility index (Phi) is 8.27. The molecule has 0 aromatic heterocycles. The first-order valence-corrected chi connectivity index (χ1v) is 11.5. The first-order valence-electron chi connectivity index (χ1n) is 11.5. The molecule has 0 aliphatic carbocycles. The van der Waals surface area contributed by atoms with Crippen LogP contribution >= 0.6 is 0 Å². The van der Waals surface area contributed by atoms with E-state index in [-0.39, 0.29) is 23.3 Å². The lowest BCUT2D eigenvalue weighted by Crippen LogP contribution is -2.58. The van der Waals surface area contributed by atoms with Crippen molar-refractivity contribution < 1.29 is 42.9 Å². The second kappa shape index (κ2) is 12.0. The van der Waals surface area contributed by atoms with Crippen LogP contribution in [0.3, 0.4) is 0 Å². The molecule has 0 radical (unpaired) electrons. The van der Waals surface area contributed by atoms with Gasteiger partial charge >= 0.3 is 23.9 Å². The first kappa shape index (κ1) is 25.6. The highest BCUT2D eigenvalue weighted by Gasteiger charge is 2.49. The summed E-state index contributed by atoms with van der Waals surface area (Å²) in [6.45, 7) is 0.904. The molecular weight excluding hydrogens is 480 g/mol. The molecule has 0 spiro atoms. The third-order valence-corrected chi connectivity index (χ3v) is 5.44. The minimum atomic E-state index is -1.46. The second-order valence-electron chi connectivity index (χ2n) is 8.09. The van der Waals surface area contributed by atoms with Crippen molar-refractivity contribution in [1.29, 1.82) is 0 Å². The van der Waals surface area contributed by atoms with E-state index in [2.05, 4.69) is 0 Å². The van der Waals surface area contributed by atoms with Crippen LogP contribution in [0.1, 0.15) is 38.0 Å². The van der Waals surface area contributed by atoms with Crippen molar-refractivity contribution in [3.05, 3.63) is 108 Å². The van der Waals surface area contributed by atoms with Crippen molar-refractivity contribution >= 4 is 23.9 Å². The molecule has 0 amide bonds. The monoisotopic (exact) mass is 504 g/mol. The fourth-order valence-electron chi connectivity index (χ4n) is 3.71. The predicted molar refractivity (Wildman–Crippen MR) is 128 cm³/mol. The van der Waals surface area contributed by atoms with Crippen LogP contribution < -0.4 is 0 Å². The third kappa shape index (κ3) is 6.59. The summed E-state index contributed by atoms with van der Waals surface area (Å²) in [5.41, 5.74) is 0.666. The van der Waals surface area contributed by atoms with Gasteiger partial charge in [0.2, 0.25) is 12.4 Å². The van der Waals surface area contributed by atoms with E-state index in [0.717, 1.165) is 0 Å². The Morgan fingerprint density at radius 3 is 1.43 bits per heavy atom. The molecule has 3 aromatic carbocycles. The topological polar surface area (TPSA) is 114 Å². The highest BCUT2D eigenvalue weighted by Crippen LogP contribution is 2.27. The number of ether oxygens (including phenoxy) is 5. The standard InChI is InChI=1S/C28H24O9/c1-18(29)34-22-17-33-28(37-27(32)21-15-9-4-10-16-21)24(36-26(31)20-13-7-3-8-14-20)23(22)35-25(30)19-11-5-2-6-12-19/h2-16,22-24,28H,17H2,1H3/t22-,23+,24+,28-/m1/s1. The summed E-state index contributed by atoms with van der Waals surface area (Å²) in [6, 6.07) is 24.4. The highest BCUT2D eigenvalue weighted by molar-refractivity contribution is 5.91. The molecule has 1 heterocycles. The van der Waals surface area contributed by atoms with E-state index in [0.29, 0.717) is 0 Å². The summed E-state index contributed by atoms with van der Waals surface area (Å²) in [5, 5.41) is 0. The van der Waals surface area contributed by atoms with Gasteiger partial charge in [0.05, 0.1) is 23.3 Å². The van der Waals surface area contributed by atoms with E-state index >= 15 is 0 Å². The number of carbonyl (C=O) groups is 4. The molecule has 1 fully saturated rings. The minimum Gasteiger partial charge on any atom is -0.456 e. The van der Waals surface area contributed by atoms with E-state index in [1.165, 1.54) is 19.1 Å². The Hall–Kier alpha value is -4.50. The molecule has 0 saturated carbocycles. The van der Waals surface area contributed by atoms with Crippen LogP contribution in [0.2, 0.25) is 0 Å². The van der Waals surface area contributed by atoms with Gasteiger partial charge in [0.25, 0.3) is 0 Å². The third-order valence-electron chi connectivity index (χ3n) is 5.44. The van der Waals surface area contributed by atoms with Gasteiger partial charge in [-0.2, -0.15) is 0 Å². The summed E-state index contributed by atoms with van der Waals surface area (Å²) in [7, 11) is 0. The zero-order valence-electron chi connectivity index (χ0n) is 19.9. The number of benzene rings is 3. The molecule has 4 rings (SSSR count). The average molecular weight is 504 g/mol. The molecule has 9 nitrogen and oxygen atoms in total. The van der Waals surface area contributed by atoms with Crippen molar-refractivity contribution in [2.75, 3.05) is 6.61 Å². The number of hydrogen-bond acceptors (Lipinski definition) is 9. The molecule has 1 aliphatic heterocycles. The molecule has 1 aliphatic rings.